The van der Waals surface area contributed by atoms with Gasteiger partial charge in [-0.15, -0.1) is 0 Å². The molecule has 36 heavy (non-hydrogen) atoms. The lowest BCUT2D eigenvalue weighted by Gasteiger charge is -2.38. The molecule has 0 radical (unpaired) electrons. The van der Waals surface area contributed by atoms with Gasteiger partial charge in [-0.3, -0.25) is 9.52 Å². The summed E-state index contributed by atoms with van der Waals surface area (Å²) in [4.78, 5) is 15.0. The Morgan fingerprint density at radius 1 is 1.17 bits per heavy atom. The van der Waals surface area contributed by atoms with Crippen molar-refractivity contribution in [1.29, 1.82) is 0 Å². The molecule has 1 aliphatic heterocycles. The predicted octanol–water partition coefficient (Wildman–Crippen LogP) is 1.91. The summed E-state index contributed by atoms with van der Waals surface area (Å²) in [5.41, 5.74) is 1.12. The molecule has 0 aliphatic carbocycles. The summed E-state index contributed by atoms with van der Waals surface area (Å²) in [5.74, 6) is -0.770. The number of nitrogens with zero attached hydrogens (tertiary/aromatic N) is 2. The summed E-state index contributed by atoms with van der Waals surface area (Å²) < 4.78 is 60.3. The van der Waals surface area contributed by atoms with Gasteiger partial charge in [-0.1, -0.05) is 30.7 Å². The maximum Gasteiger partial charge on any atom is 0.258 e. The Bertz CT molecular complexity index is 1310. The average molecular weight is 540 g/mol. The average Bonchev–Trinajstić information content (AvgIpc) is 2.80. The fourth-order valence-corrected chi connectivity index (χ4v) is 5.73. The van der Waals surface area contributed by atoms with Crippen LogP contribution in [0.3, 0.4) is 0 Å². The van der Waals surface area contributed by atoms with Gasteiger partial charge >= 0.3 is 0 Å². The van der Waals surface area contributed by atoms with E-state index in [4.69, 9.17) is 4.74 Å². The molecule has 2 aromatic rings. The first-order valence-corrected chi connectivity index (χ1v) is 14.8. The number of amides is 1. The fourth-order valence-electron chi connectivity index (χ4n) is 3.98. The monoisotopic (exact) mass is 539 g/mol. The molecule has 2 aromatic carbocycles. The lowest BCUT2D eigenvalue weighted by molar-refractivity contribution is 0.0389. The number of carbonyl (C=O) groups excluding carboxylic acids is 1. The summed E-state index contributed by atoms with van der Waals surface area (Å²) in [5, 5.41) is 9.77. The summed E-state index contributed by atoms with van der Waals surface area (Å²) >= 11 is 0. The standard InChI is InChI=1S/C24H33N3O7S2/c1-16-9-11-19(12-10-16)36(32,33)26(4)14-22-17(2)13-27(18(3)15-28)24(29)20-7-6-8-21(23(20)34-22)25-35(5,30)31/h6-12,17-18,22,25,28H,13-15H2,1-5H3/t17-,18-,22-/m1/s1. The number of ether oxygens (including phenoxy) is 1. The van der Waals surface area contributed by atoms with Crippen LogP contribution in [0.15, 0.2) is 47.4 Å². The van der Waals surface area contributed by atoms with Crippen LogP contribution in [0.1, 0.15) is 29.8 Å². The number of aliphatic hydroxyl groups is 1. The molecule has 0 unspecified atom stereocenters. The third-order valence-electron chi connectivity index (χ3n) is 6.15. The molecule has 198 valence electrons. The molecule has 1 heterocycles. The number of rotatable bonds is 8. The molecule has 0 aromatic heterocycles. The van der Waals surface area contributed by atoms with E-state index in [-0.39, 0.29) is 47.5 Å². The highest BCUT2D eigenvalue weighted by molar-refractivity contribution is 7.92. The number of aryl methyl sites for hydroxylation is 1. The first kappa shape index (κ1) is 27.9. The highest BCUT2D eigenvalue weighted by Crippen LogP contribution is 2.35. The maximum absolute atomic E-state index is 13.4. The number of aliphatic hydroxyl groups excluding tert-OH is 1. The lowest BCUT2D eigenvalue weighted by Crippen LogP contribution is -2.50. The molecular weight excluding hydrogens is 506 g/mol. The molecule has 0 saturated heterocycles. The zero-order chi connectivity index (χ0) is 26.8. The van der Waals surface area contributed by atoms with Crippen LogP contribution in [0.25, 0.3) is 0 Å². The Hall–Kier alpha value is -2.67. The minimum atomic E-state index is -3.84. The summed E-state index contributed by atoms with van der Waals surface area (Å²) in [7, 11) is -6.09. The number of benzene rings is 2. The quantitative estimate of drug-likeness (QED) is 0.523. The molecule has 12 heteroatoms. The Kier molecular flexibility index (Phi) is 8.33. The Labute approximate surface area is 213 Å². The normalized spacial score (nSPS) is 19.8. The van der Waals surface area contributed by atoms with E-state index in [1.165, 1.54) is 46.6 Å². The number of carbonyl (C=O) groups is 1. The van der Waals surface area contributed by atoms with Crippen LogP contribution in [0, 0.1) is 12.8 Å². The molecule has 0 fully saturated rings. The molecule has 0 spiro atoms. The number of fused-ring (bicyclic) bond motifs is 1. The number of likely N-dealkylation sites (N-methyl/N-ethyl adjacent to an activating group) is 1. The highest BCUT2D eigenvalue weighted by Gasteiger charge is 2.36. The van der Waals surface area contributed by atoms with Gasteiger partial charge in [0.05, 0.1) is 41.6 Å². The van der Waals surface area contributed by atoms with Gasteiger partial charge < -0.3 is 14.7 Å². The van der Waals surface area contributed by atoms with Crippen LogP contribution in [0.5, 0.6) is 5.75 Å². The smallest absolute Gasteiger partial charge is 0.258 e. The molecule has 3 atom stereocenters. The number of anilines is 1. The van der Waals surface area contributed by atoms with Crippen LogP contribution in [0.2, 0.25) is 0 Å². The molecule has 1 amide bonds. The van der Waals surface area contributed by atoms with Crippen molar-refractivity contribution < 1.29 is 31.5 Å². The zero-order valence-electron chi connectivity index (χ0n) is 21.0. The van der Waals surface area contributed by atoms with Gasteiger partial charge in [-0.25, -0.2) is 16.8 Å². The lowest BCUT2D eigenvalue weighted by atomic mass is 9.99. The van der Waals surface area contributed by atoms with Crippen molar-refractivity contribution >= 4 is 31.6 Å². The third-order valence-corrected chi connectivity index (χ3v) is 8.58. The van der Waals surface area contributed by atoms with Gasteiger partial charge in [-0.05, 0) is 38.1 Å². The van der Waals surface area contributed by atoms with Crippen molar-refractivity contribution in [3.63, 3.8) is 0 Å². The van der Waals surface area contributed by atoms with E-state index in [1.54, 1.807) is 19.1 Å². The van der Waals surface area contributed by atoms with Gasteiger partial charge in [0, 0.05) is 19.5 Å². The molecule has 0 saturated carbocycles. The van der Waals surface area contributed by atoms with Crippen LogP contribution in [-0.4, -0.2) is 82.2 Å². The van der Waals surface area contributed by atoms with Gasteiger partial charge in [0.15, 0.2) is 5.75 Å². The Morgan fingerprint density at radius 3 is 2.39 bits per heavy atom. The molecule has 3 rings (SSSR count). The van der Waals surface area contributed by atoms with E-state index >= 15 is 0 Å². The van der Waals surface area contributed by atoms with E-state index < -0.39 is 38.1 Å². The highest BCUT2D eigenvalue weighted by atomic mass is 32.2. The Morgan fingerprint density at radius 2 is 1.81 bits per heavy atom. The van der Waals surface area contributed by atoms with Crippen molar-refractivity contribution in [3.8, 4) is 5.75 Å². The molecular formula is C24H33N3O7S2. The van der Waals surface area contributed by atoms with Crippen molar-refractivity contribution in [2.45, 2.75) is 37.8 Å². The molecule has 2 N–H and O–H groups in total. The van der Waals surface area contributed by atoms with E-state index in [0.29, 0.717) is 0 Å². The van der Waals surface area contributed by atoms with Gasteiger partial charge in [0.25, 0.3) is 5.91 Å². The number of sulfonamides is 2. The van der Waals surface area contributed by atoms with Crippen molar-refractivity contribution in [2.24, 2.45) is 5.92 Å². The fraction of sp³-hybridized carbons (Fsp3) is 0.458. The third kappa shape index (κ3) is 6.17. The van der Waals surface area contributed by atoms with Crippen LogP contribution in [-0.2, 0) is 20.0 Å². The first-order valence-electron chi connectivity index (χ1n) is 11.5. The van der Waals surface area contributed by atoms with E-state index in [1.807, 2.05) is 13.8 Å². The molecule has 1 aliphatic rings. The van der Waals surface area contributed by atoms with Crippen LogP contribution >= 0.6 is 0 Å². The Balaban J connectivity index is 2.05. The minimum Gasteiger partial charge on any atom is -0.486 e. The molecule has 10 nitrogen and oxygen atoms in total. The minimum absolute atomic E-state index is 0.0146. The van der Waals surface area contributed by atoms with Crippen molar-refractivity contribution in [3.05, 3.63) is 53.6 Å². The summed E-state index contributed by atoms with van der Waals surface area (Å²) in [6, 6.07) is 10.5. The van der Waals surface area contributed by atoms with Crippen LogP contribution in [0.4, 0.5) is 5.69 Å². The second-order valence-corrected chi connectivity index (χ2v) is 13.1. The summed E-state index contributed by atoms with van der Waals surface area (Å²) in [6.07, 6.45) is 0.247. The van der Waals surface area contributed by atoms with E-state index in [9.17, 15) is 26.7 Å². The van der Waals surface area contributed by atoms with Gasteiger partial charge in [0.1, 0.15) is 6.10 Å². The second-order valence-electron chi connectivity index (χ2n) is 9.28. The van der Waals surface area contributed by atoms with Crippen molar-refractivity contribution in [2.75, 3.05) is 37.7 Å². The van der Waals surface area contributed by atoms with Gasteiger partial charge in [0.2, 0.25) is 20.0 Å². The maximum atomic E-state index is 13.4. The second kappa shape index (κ2) is 10.8. The number of hydrogen-bond donors (Lipinski definition) is 2. The number of para-hydroxylation sites is 1. The van der Waals surface area contributed by atoms with E-state index in [0.717, 1.165) is 11.8 Å². The topological polar surface area (TPSA) is 133 Å². The predicted molar refractivity (Wildman–Crippen MR) is 137 cm³/mol. The number of nitrogens with one attached hydrogen (secondary N) is 1. The number of hydrogen-bond acceptors (Lipinski definition) is 7. The molecule has 0 bridgehead atoms. The van der Waals surface area contributed by atoms with Crippen LogP contribution < -0.4 is 9.46 Å². The largest absolute Gasteiger partial charge is 0.486 e. The first-order chi connectivity index (χ1) is 16.7. The zero-order valence-corrected chi connectivity index (χ0v) is 22.6. The van der Waals surface area contributed by atoms with E-state index in [2.05, 4.69) is 4.72 Å². The SMILES string of the molecule is Cc1ccc(S(=O)(=O)N(C)C[C@H]2Oc3c(NS(C)(=O)=O)cccc3C(=O)N([C@H](C)CO)C[C@H]2C)cc1. The van der Waals surface area contributed by atoms with Crippen molar-refractivity contribution in [1.82, 2.24) is 9.21 Å². The summed E-state index contributed by atoms with van der Waals surface area (Å²) in [6.45, 7) is 5.26. The van der Waals surface area contributed by atoms with Gasteiger partial charge in [-0.2, -0.15) is 4.31 Å².